The van der Waals surface area contributed by atoms with Crippen LogP contribution in [0.4, 0.5) is 11.4 Å². The van der Waals surface area contributed by atoms with E-state index in [-0.39, 0.29) is 17.7 Å². The van der Waals surface area contributed by atoms with E-state index in [0.29, 0.717) is 16.9 Å². The summed E-state index contributed by atoms with van der Waals surface area (Å²) in [6, 6.07) is 13.2. The number of amides is 2. The molecule has 1 aliphatic carbocycles. The summed E-state index contributed by atoms with van der Waals surface area (Å²) in [5.74, 6) is 0.841. The van der Waals surface area contributed by atoms with E-state index in [2.05, 4.69) is 15.6 Å². The molecule has 7 heteroatoms. The standard InChI is InChI=1S/C23H23N3O2S2/c1-14-3-10-19(25-21(27)18-8-9-18)11-20(14)26-22(28)17-6-4-16(5-7-17)13-30-23-24-15(2)12-29-23/h3-7,10-12,18H,8-9,13H2,1-2H3,(H,25,27)(H,26,28). The van der Waals surface area contributed by atoms with Crippen molar-refractivity contribution in [2.75, 3.05) is 10.6 Å². The Morgan fingerprint density at radius 1 is 1.10 bits per heavy atom. The third kappa shape index (κ3) is 5.29. The van der Waals surface area contributed by atoms with E-state index in [0.717, 1.165) is 39.8 Å². The summed E-state index contributed by atoms with van der Waals surface area (Å²) in [5, 5.41) is 7.93. The zero-order valence-corrected chi connectivity index (χ0v) is 18.5. The molecule has 0 atom stereocenters. The van der Waals surface area contributed by atoms with Crippen LogP contribution in [-0.2, 0) is 10.5 Å². The number of thiazole rings is 1. The van der Waals surface area contributed by atoms with Crippen molar-refractivity contribution in [1.29, 1.82) is 0 Å². The van der Waals surface area contributed by atoms with Gasteiger partial charge in [-0.15, -0.1) is 11.3 Å². The maximum absolute atomic E-state index is 12.7. The Morgan fingerprint density at radius 2 is 1.87 bits per heavy atom. The third-order valence-corrected chi connectivity index (χ3v) is 7.09. The second-order valence-electron chi connectivity index (χ2n) is 7.49. The van der Waals surface area contributed by atoms with Crippen LogP contribution in [0.2, 0.25) is 0 Å². The Morgan fingerprint density at radius 3 is 2.53 bits per heavy atom. The fourth-order valence-electron chi connectivity index (χ4n) is 2.91. The molecule has 1 saturated carbocycles. The highest BCUT2D eigenvalue weighted by atomic mass is 32.2. The first-order valence-corrected chi connectivity index (χ1v) is 11.7. The first-order chi connectivity index (χ1) is 14.5. The summed E-state index contributed by atoms with van der Waals surface area (Å²) in [6.45, 7) is 3.93. The molecule has 4 rings (SSSR count). The molecule has 0 saturated heterocycles. The third-order valence-electron chi connectivity index (χ3n) is 4.88. The van der Waals surface area contributed by atoms with Gasteiger partial charge in [0.25, 0.3) is 5.91 Å². The van der Waals surface area contributed by atoms with Crippen LogP contribution in [0.15, 0.2) is 52.2 Å². The molecule has 2 N–H and O–H groups in total. The molecule has 1 aromatic heterocycles. The fourth-order valence-corrected chi connectivity index (χ4v) is 4.72. The second kappa shape index (κ2) is 9.02. The highest BCUT2D eigenvalue weighted by molar-refractivity contribution is 8.00. The van der Waals surface area contributed by atoms with Crippen LogP contribution in [0, 0.1) is 19.8 Å². The molecule has 0 radical (unpaired) electrons. The minimum absolute atomic E-state index is 0.0532. The lowest BCUT2D eigenvalue weighted by Crippen LogP contribution is -2.15. The molecular formula is C23H23N3O2S2. The van der Waals surface area contributed by atoms with E-state index in [1.807, 2.05) is 61.7 Å². The molecule has 2 amide bonds. The van der Waals surface area contributed by atoms with Gasteiger partial charge in [0.05, 0.1) is 0 Å². The van der Waals surface area contributed by atoms with Crippen LogP contribution in [0.3, 0.4) is 0 Å². The van der Waals surface area contributed by atoms with Gasteiger partial charge in [0, 0.05) is 39.7 Å². The SMILES string of the molecule is Cc1csc(SCc2ccc(C(=O)Nc3cc(NC(=O)C4CC4)ccc3C)cc2)n1. The van der Waals surface area contributed by atoms with Gasteiger partial charge in [0.15, 0.2) is 0 Å². The summed E-state index contributed by atoms with van der Waals surface area (Å²) in [5.41, 5.74) is 5.14. The van der Waals surface area contributed by atoms with Crippen molar-refractivity contribution in [3.05, 3.63) is 70.2 Å². The van der Waals surface area contributed by atoms with Crippen LogP contribution in [0.1, 0.15) is 40.0 Å². The summed E-state index contributed by atoms with van der Waals surface area (Å²) < 4.78 is 1.05. The molecule has 0 bridgehead atoms. The van der Waals surface area contributed by atoms with Crippen LogP contribution in [0.5, 0.6) is 0 Å². The molecule has 1 heterocycles. The van der Waals surface area contributed by atoms with Gasteiger partial charge < -0.3 is 10.6 Å². The summed E-state index contributed by atoms with van der Waals surface area (Å²) in [7, 11) is 0. The Balaban J connectivity index is 1.37. The number of rotatable bonds is 7. The number of nitrogens with one attached hydrogen (secondary N) is 2. The maximum atomic E-state index is 12.7. The van der Waals surface area contributed by atoms with Crippen molar-refractivity contribution in [2.45, 2.75) is 36.8 Å². The Kier molecular flexibility index (Phi) is 6.20. The molecule has 0 unspecified atom stereocenters. The first-order valence-electron chi connectivity index (χ1n) is 9.84. The highest BCUT2D eigenvalue weighted by Crippen LogP contribution is 2.31. The normalized spacial score (nSPS) is 13.1. The van der Waals surface area contributed by atoms with Crippen molar-refractivity contribution in [3.8, 4) is 0 Å². The van der Waals surface area contributed by atoms with Crippen LogP contribution in [-0.4, -0.2) is 16.8 Å². The molecule has 2 aromatic carbocycles. The average Bonchev–Trinajstić information content (AvgIpc) is 3.51. The van der Waals surface area contributed by atoms with E-state index >= 15 is 0 Å². The van der Waals surface area contributed by atoms with Gasteiger partial charge in [0.2, 0.25) is 5.91 Å². The number of aryl methyl sites for hydroxylation is 2. The molecular weight excluding hydrogens is 414 g/mol. The van der Waals surface area contributed by atoms with Crippen LogP contribution in [0.25, 0.3) is 0 Å². The van der Waals surface area contributed by atoms with Gasteiger partial charge in [-0.05, 0) is 62.1 Å². The van der Waals surface area contributed by atoms with Crippen molar-refractivity contribution >= 4 is 46.3 Å². The predicted octanol–water partition coefficient (Wildman–Crippen LogP) is 5.65. The lowest BCUT2D eigenvalue weighted by molar-refractivity contribution is -0.117. The largest absolute Gasteiger partial charge is 0.326 e. The van der Waals surface area contributed by atoms with Gasteiger partial charge in [-0.25, -0.2) is 4.98 Å². The molecule has 0 aliphatic heterocycles. The molecule has 1 fully saturated rings. The van der Waals surface area contributed by atoms with Gasteiger partial charge >= 0.3 is 0 Å². The Bertz CT molecular complexity index is 1070. The average molecular weight is 438 g/mol. The minimum atomic E-state index is -0.168. The van der Waals surface area contributed by atoms with Crippen LogP contribution < -0.4 is 10.6 Å². The summed E-state index contributed by atoms with van der Waals surface area (Å²) in [4.78, 5) is 29.1. The van der Waals surface area contributed by atoms with Gasteiger partial charge in [0.1, 0.15) is 4.34 Å². The predicted molar refractivity (Wildman–Crippen MR) is 123 cm³/mol. The Labute approximate surface area is 184 Å². The summed E-state index contributed by atoms with van der Waals surface area (Å²) >= 11 is 3.35. The number of hydrogen-bond acceptors (Lipinski definition) is 5. The number of thioether (sulfide) groups is 1. The number of carbonyl (C=O) groups excluding carboxylic acids is 2. The highest BCUT2D eigenvalue weighted by Gasteiger charge is 2.29. The van der Waals surface area contributed by atoms with Crippen molar-refractivity contribution in [3.63, 3.8) is 0 Å². The number of nitrogens with zero attached hydrogens (tertiary/aromatic N) is 1. The van der Waals surface area contributed by atoms with E-state index in [1.165, 1.54) is 0 Å². The van der Waals surface area contributed by atoms with Gasteiger partial charge in [-0.3, -0.25) is 9.59 Å². The molecule has 3 aromatic rings. The number of anilines is 2. The monoisotopic (exact) mass is 437 g/mol. The second-order valence-corrected chi connectivity index (χ2v) is 9.57. The van der Waals surface area contributed by atoms with E-state index in [1.54, 1.807) is 23.1 Å². The van der Waals surface area contributed by atoms with E-state index in [9.17, 15) is 9.59 Å². The first kappa shape index (κ1) is 20.6. The van der Waals surface area contributed by atoms with Crippen molar-refractivity contribution < 1.29 is 9.59 Å². The molecule has 154 valence electrons. The number of hydrogen-bond donors (Lipinski definition) is 2. The maximum Gasteiger partial charge on any atom is 0.255 e. The summed E-state index contributed by atoms with van der Waals surface area (Å²) in [6.07, 6.45) is 1.92. The lowest BCUT2D eigenvalue weighted by atomic mass is 10.1. The molecule has 0 spiro atoms. The van der Waals surface area contributed by atoms with Crippen LogP contribution >= 0.6 is 23.1 Å². The van der Waals surface area contributed by atoms with Gasteiger partial charge in [-0.1, -0.05) is 30.0 Å². The van der Waals surface area contributed by atoms with E-state index in [4.69, 9.17) is 0 Å². The Hall–Kier alpha value is -2.64. The lowest BCUT2D eigenvalue weighted by Gasteiger charge is -2.12. The molecule has 5 nitrogen and oxygen atoms in total. The quantitative estimate of drug-likeness (QED) is 0.468. The topological polar surface area (TPSA) is 71.1 Å². The fraction of sp³-hybridized carbons (Fsp3) is 0.261. The zero-order chi connectivity index (χ0) is 21.1. The van der Waals surface area contributed by atoms with Gasteiger partial charge in [-0.2, -0.15) is 0 Å². The minimum Gasteiger partial charge on any atom is -0.326 e. The number of carbonyl (C=O) groups is 2. The van der Waals surface area contributed by atoms with E-state index < -0.39 is 0 Å². The van der Waals surface area contributed by atoms with Crippen molar-refractivity contribution in [1.82, 2.24) is 4.98 Å². The zero-order valence-electron chi connectivity index (χ0n) is 16.9. The van der Waals surface area contributed by atoms with Crippen molar-refractivity contribution in [2.24, 2.45) is 5.92 Å². The number of aromatic nitrogens is 1. The molecule has 1 aliphatic rings. The molecule has 30 heavy (non-hydrogen) atoms. The smallest absolute Gasteiger partial charge is 0.255 e. The number of benzene rings is 2.